The van der Waals surface area contributed by atoms with Crippen molar-refractivity contribution in [3.63, 3.8) is 0 Å². The van der Waals surface area contributed by atoms with Crippen LogP contribution in [0.5, 0.6) is 0 Å². The Balaban J connectivity index is 2.16. The summed E-state index contributed by atoms with van der Waals surface area (Å²) in [7, 11) is 0. The summed E-state index contributed by atoms with van der Waals surface area (Å²) in [6.07, 6.45) is 0.189. The third-order valence-corrected chi connectivity index (χ3v) is 2.87. The van der Waals surface area contributed by atoms with Gasteiger partial charge in [0.25, 0.3) is 0 Å². The number of anilines is 2. The van der Waals surface area contributed by atoms with Crippen LogP contribution in [-0.2, 0) is 9.59 Å². The van der Waals surface area contributed by atoms with Crippen molar-refractivity contribution in [3.8, 4) is 0 Å². The van der Waals surface area contributed by atoms with E-state index in [0.29, 0.717) is 16.4 Å². The van der Waals surface area contributed by atoms with Crippen LogP contribution in [0.3, 0.4) is 0 Å². The summed E-state index contributed by atoms with van der Waals surface area (Å²) in [5.41, 5.74) is 1.26. The maximum Gasteiger partial charge on any atom is 0.303 e. The first kappa shape index (κ1) is 11.7. The molecule has 1 aliphatic rings. The molecule has 2 rings (SSSR count). The molecule has 1 aliphatic heterocycles. The number of halogens is 1. The largest absolute Gasteiger partial charge is 0.481 e. The van der Waals surface area contributed by atoms with Gasteiger partial charge in [-0.3, -0.25) is 9.59 Å². The molecule has 1 amide bonds. The van der Waals surface area contributed by atoms with Crippen LogP contribution >= 0.6 is 11.6 Å². The van der Waals surface area contributed by atoms with Crippen LogP contribution in [0.15, 0.2) is 18.2 Å². The van der Waals surface area contributed by atoms with Crippen molar-refractivity contribution in [2.24, 2.45) is 0 Å². The Bertz CT molecular complexity index is 476. The van der Waals surface area contributed by atoms with Gasteiger partial charge < -0.3 is 15.7 Å². The summed E-state index contributed by atoms with van der Waals surface area (Å²) in [4.78, 5) is 22.2. The van der Waals surface area contributed by atoms with Crippen molar-refractivity contribution >= 4 is 34.9 Å². The molecule has 0 fully saturated rings. The summed E-state index contributed by atoms with van der Waals surface area (Å²) in [6, 6.07) is 4.70. The third kappa shape index (κ3) is 2.50. The molecule has 17 heavy (non-hydrogen) atoms. The fraction of sp³-hybridized carbons (Fsp3) is 0.273. The average Bonchev–Trinajstić information content (AvgIpc) is 2.28. The number of carbonyl (C=O) groups excluding carboxylic acids is 1. The Morgan fingerprint density at radius 1 is 1.47 bits per heavy atom. The van der Waals surface area contributed by atoms with Crippen molar-refractivity contribution in [2.45, 2.75) is 18.9 Å². The number of carboxylic acids is 1. The van der Waals surface area contributed by atoms with Gasteiger partial charge in [0.15, 0.2) is 0 Å². The second kappa shape index (κ2) is 4.63. The zero-order valence-electron chi connectivity index (χ0n) is 8.87. The fourth-order valence-corrected chi connectivity index (χ4v) is 1.93. The SMILES string of the molecule is O=C(O)CCC1Nc2cccc(Cl)c2NC1=O. The molecule has 1 atom stereocenters. The molecule has 0 spiro atoms. The third-order valence-electron chi connectivity index (χ3n) is 2.55. The minimum absolute atomic E-state index is 0.0546. The zero-order chi connectivity index (χ0) is 12.4. The number of benzene rings is 1. The van der Waals surface area contributed by atoms with E-state index in [0.717, 1.165) is 0 Å². The molecule has 1 heterocycles. The molecular weight excluding hydrogens is 244 g/mol. The zero-order valence-corrected chi connectivity index (χ0v) is 9.62. The molecule has 0 saturated carbocycles. The topological polar surface area (TPSA) is 78.4 Å². The van der Waals surface area contributed by atoms with E-state index in [-0.39, 0.29) is 18.7 Å². The lowest BCUT2D eigenvalue weighted by Gasteiger charge is -2.27. The lowest BCUT2D eigenvalue weighted by molar-refractivity contribution is -0.137. The molecular formula is C11H11ClN2O3. The van der Waals surface area contributed by atoms with Crippen molar-refractivity contribution < 1.29 is 14.7 Å². The van der Waals surface area contributed by atoms with E-state index in [9.17, 15) is 9.59 Å². The van der Waals surface area contributed by atoms with E-state index in [1.807, 2.05) is 0 Å². The van der Waals surface area contributed by atoms with Crippen LogP contribution in [0.1, 0.15) is 12.8 Å². The molecule has 1 unspecified atom stereocenters. The maximum atomic E-state index is 11.7. The van der Waals surface area contributed by atoms with Crippen molar-refractivity contribution in [3.05, 3.63) is 23.2 Å². The number of carboxylic acid groups (broad SMARTS) is 1. The van der Waals surface area contributed by atoms with Gasteiger partial charge in [0.2, 0.25) is 5.91 Å². The maximum absolute atomic E-state index is 11.7. The predicted molar refractivity (Wildman–Crippen MR) is 64.4 cm³/mol. The molecule has 1 aromatic rings. The molecule has 0 aromatic heterocycles. The first-order valence-electron chi connectivity index (χ1n) is 5.15. The van der Waals surface area contributed by atoms with Crippen molar-refractivity contribution in [1.82, 2.24) is 0 Å². The van der Waals surface area contributed by atoms with Crippen LogP contribution in [-0.4, -0.2) is 23.0 Å². The van der Waals surface area contributed by atoms with E-state index >= 15 is 0 Å². The van der Waals surface area contributed by atoms with Gasteiger partial charge in [-0.05, 0) is 18.6 Å². The van der Waals surface area contributed by atoms with Gasteiger partial charge in [-0.15, -0.1) is 0 Å². The number of nitrogens with one attached hydrogen (secondary N) is 2. The van der Waals surface area contributed by atoms with Crippen LogP contribution in [0.25, 0.3) is 0 Å². The standard InChI is InChI=1S/C11H11ClN2O3/c12-6-2-1-3-7-10(6)14-11(17)8(13-7)4-5-9(15)16/h1-3,8,13H,4-5H2,(H,14,17)(H,15,16). The highest BCUT2D eigenvalue weighted by Crippen LogP contribution is 2.34. The van der Waals surface area contributed by atoms with Crippen LogP contribution in [0.4, 0.5) is 11.4 Å². The van der Waals surface area contributed by atoms with Gasteiger partial charge in [-0.25, -0.2) is 0 Å². The number of carbonyl (C=O) groups is 2. The molecule has 0 radical (unpaired) electrons. The monoisotopic (exact) mass is 254 g/mol. The first-order valence-corrected chi connectivity index (χ1v) is 5.53. The second-order valence-electron chi connectivity index (χ2n) is 3.78. The quantitative estimate of drug-likeness (QED) is 0.770. The summed E-state index contributed by atoms with van der Waals surface area (Å²) in [5, 5.41) is 14.7. The van der Waals surface area contributed by atoms with E-state index in [1.165, 1.54) is 0 Å². The molecule has 5 nitrogen and oxygen atoms in total. The molecule has 0 bridgehead atoms. The molecule has 3 N–H and O–H groups in total. The summed E-state index contributed by atoms with van der Waals surface area (Å²) >= 11 is 5.93. The highest BCUT2D eigenvalue weighted by atomic mass is 35.5. The van der Waals surface area contributed by atoms with Gasteiger partial charge in [-0.2, -0.15) is 0 Å². The molecule has 90 valence electrons. The Hall–Kier alpha value is -1.75. The number of hydrogen-bond acceptors (Lipinski definition) is 3. The van der Waals surface area contributed by atoms with Crippen molar-refractivity contribution in [2.75, 3.05) is 10.6 Å². The molecule has 0 aliphatic carbocycles. The highest BCUT2D eigenvalue weighted by molar-refractivity contribution is 6.35. The van der Waals surface area contributed by atoms with Gasteiger partial charge in [0, 0.05) is 6.42 Å². The number of fused-ring (bicyclic) bond motifs is 1. The van der Waals surface area contributed by atoms with Gasteiger partial charge in [-0.1, -0.05) is 17.7 Å². The number of hydrogen-bond donors (Lipinski definition) is 3. The van der Waals surface area contributed by atoms with Gasteiger partial charge >= 0.3 is 5.97 Å². The summed E-state index contributed by atoms with van der Waals surface area (Å²) in [5.74, 6) is -1.18. The fourth-order valence-electron chi connectivity index (χ4n) is 1.71. The van der Waals surface area contributed by atoms with Gasteiger partial charge in [0.05, 0.1) is 16.4 Å². The van der Waals surface area contributed by atoms with Gasteiger partial charge in [0.1, 0.15) is 6.04 Å². The Morgan fingerprint density at radius 3 is 2.94 bits per heavy atom. The van der Waals surface area contributed by atoms with Crippen LogP contribution in [0, 0.1) is 0 Å². The smallest absolute Gasteiger partial charge is 0.303 e. The molecule has 0 saturated heterocycles. The van der Waals surface area contributed by atoms with E-state index in [1.54, 1.807) is 18.2 Å². The summed E-state index contributed by atoms with van der Waals surface area (Å²) < 4.78 is 0. The van der Waals surface area contributed by atoms with E-state index < -0.39 is 12.0 Å². The number of amides is 1. The lowest BCUT2D eigenvalue weighted by Crippen LogP contribution is -2.39. The van der Waals surface area contributed by atoms with Crippen LogP contribution in [0.2, 0.25) is 5.02 Å². The molecule has 6 heteroatoms. The number of aliphatic carboxylic acids is 1. The van der Waals surface area contributed by atoms with Crippen LogP contribution < -0.4 is 10.6 Å². The second-order valence-corrected chi connectivity index (χ2v) is 4.19. The lowest BCUT2D eigenvalue weighted by atomic mass is 10.1. The average molecular weight is 255 g/mol. The summed E-state index contributed by atoms with van der Waals surface area (Å²) in [6.45, 7) is 0. The minimum Gasteiger partial charge on any atom is -0.481 e. The minimum atomic E-state index is -0.920. The number of rotatable bonds is 3. The Labute approximate surface area is 103 Å². The first-order chi connectivity index (χ1) is 8.08. The van der Waals surface area contributed by atoms with E-state index in [2.05, 4.69) is 10.6 Å². The normalized spacial score (nSPS) is 17.9. The van der Waals surface area contributed by atoms with E-state index in [4.69, 9.17) is 16.7 Å². The molecule has 1 aromatic carbocycles. The Morgan fingerprint density at radius 2 is 2.24 bits per heavy atom. The van der Waals surface area contributed by atoms with Crippen molar-refractivity contribution in [1.29, 1.82) is 0 Å². The highest BCUT2D eigenvalue weighted by Gasteiger charge is 2.26. The Kier molecular flexibility index (Phi) is 3.19. The number of para-hydroxylation sites is 1. The predicted octanol–water partition coefficient (Wildman–Crippen LogP) is 1.94.